The predicted molar refractivity (Wildman–Crippen MR) is 70.6 cm³/mol. The van der Waals surface area contributed by atoms with Gasteiger partial charge in [-0.25, -0.2) is 4.39 Å². The summed E-state index contributed by atoms with van der Waals surface area (Å²) < 4.78 is 15.1. The lowest BCUT2D eigenvalue weighted by Crippen LogP contribution is -1.99. The highest BCUT2D eigenvalue weighted by molar-refractivity contribution is 5.97. The molecule has 0 saturated heterocycles. The van der Waals surface area contributed by atoms with Gasteiger partial charge in [0.25, 0.3) is 0 Å². The van der Waals surface area contributed by atoms with Crippen molar-refractivity contribution in [3.05, 3.63) is 65.9 Å². The minimum Gasteiger partial charge on any atom is -0.342 e. The average molecular weight is 254 g/mol. The van der Waals surface area contributed by atoms with Gasteiger partial charge in [-0.2, -0.15) is 0 Å². The molecule has 0 bridgehead atoms. The van der Waals surface area contributed by atoms with Crippen molar-refractivity contribution in [3.63, 3.8) is 0 Å². The van der Waals surface area contributed by atoms with Gasteiger partial charge in [-0.15, -0.1) is 0 Å². The predicted octanol–water partition coefficient (Wildman–Crippen LogP) is 3.04. The molecule has 3 nitrogen and oxygen atoms in total. The van der Waals surface area contributed by atoms with Crippen molar-refractivity contribution in [1.82, 2.24) is 9.55 Å². The zero-order chi connectivity index (χ0) is 13.2. The molecule has 0 spiro atoms. The molecule has 0 aliphatic rings. The van der Waals surface area contributed by atoms with Gasteiger partial charge in [-0.3, -0.25) is 9.78 Å². The summed E-state index contributed by atoms with van der Waals surface area (Å²) >= 11 is 0. The van der Waals surface area contributed by atoms with Gasteiger partial charge < -0.3 is 4.57 Å². The van der Waals surface area contributed by atoms with E-state index in [0.29, 0.717) is 12.1 Å². The first-order valence-corrected chi connectivity index (χ1v) is 5.90. The molecule has 1 aromatic carbocycles. The van der Waals surface area contributed by atoms with Crippen LogP contribution in [0.15, 0.2) is 48.9 Å². The van der Waals surface area contributed by atoms with Gasteiger partial charge in [0.15, 0.2) is 6.29 Å². The minimum atomic E-state index is -0.357. The first kappa shape index (κ1) is 11.6. The van der Waals surface area contributed by atoms with E-state index < -0.39 is 0 Å². The van der Waals surface area contributed by atoms with Gasteiger partial charge in [-0.1, -0.05) is 18.2 Å². The van der Waals surface area contributed by atoms with Crippen LogP contribution in [0.25, 0.3) is 10.9 Å². The lowest BCUT2D eigenvalue weighted by Gasteiger charge is -2.05. The summed E-state index contributed by atoms with van der Waals surface area (Å²) in [6.07, 6.45) is 5.41. The molecule has 4 heteroatoms. The highest BCUT2D eigenvalue weighted by Gasteiger charge is 2.07. The molecule has 0 saturated carbocycles. The maximum atomic E-state index is 13.1. The maximum Gasteiger partial charge on any atom is 0.152 e. The molecule has 0 amide bonds. The Morgan fingerprint density at radius 2 is 2.11 bits per heavy atom. The fourth-order valence-corrected chi connectivity index (χ4v) is 2.24. The van der Waals surface area contributed by atoms with Gasteiger partial charge in [0.1, 0.15) is 5.82 Å². The van der Waals surface area contributed by atoms with E-state index >= 15 is 0 Å². The van der Waals surface area contributed by atoms with Crippen LogP contribution >= 0.6 is 0 Å². The Labute approximate surface area is 109 Å². The summed E-state index contributed by atoms with van der Waals surface area (Å²) in [5, 5.41) is 0.905. The summed E-state index contributed by atoms with van der Waals surface area (Å²) in [5.74, 6) is -0.357. The first-order chi connectivity index (χ1) is 9.28. The number of pyridine rings is 1. The Balaban J connectivity index is 2.08. The van der Waals surface area contributed by atoms with E-state index in [4.69, 9.17) is 0 Å². The van der Waals surface area contributed by atoms with Crippen molar-refractivity contribution in [2.45, 2.75) is 6.54 Å². The number of hydrogen-bond donors (Lipinski definition) is 0. The molecule has 0 aliphatic carbocycles. The Hall–Kier alpha value is -2.49. The Morgan fingerprint density at radius 1 is 1.26 bits per heavy atom. The second kappa shape index (κ2) is 4.65. The second-order valence-electron chi connectivity index (χ2n) is 4.36. The van der Waals surface area contributed by atoms with Crippen LogP contribution in [0.2, 0.25) is 0 Å². The number of benzene rings is 1. The monoisotopic (exact) mass is 254 g/mol. The molecule has 3 aromatic rings. The standard InChI is InChI=1S/C15H11FN2O/c16-13-5-11(6-17-7-13)8-18-9-12(10-19)14-3-1-2-4-15(14)18/h1-7,9-10H,8H2. The Kier molecular flexibility index (Phi) is 2.83. The van der Waals surface area contributed by atoms with Crippen LogP contribution in [-0.2, 0) is 6.54 Å². The number of para-hydroxylation sites is 1. The van der Waals surface area contributed by atoms with Crippen molar-refractivity contribution < 1.29 is 9.18 Å². The van der Waals surface area contributed by atoms with Crippen LogP contribution in [-0.4, -0.2) is 15.8 Å². The zero-order valence-corrected chi connectivity index (χ0v) is 10.1. The average Bonchev–Trinajstić information content (AvgIpc) is 2.77. The molecule has 0 atom stereocenters. The Bertz CT molecular complexity index is 749. The highest BCUT2D eigenvalue weighted by Crippen LogP contribution is 2.21. The van der Waals surface area contributed by atoms with Crippen molar-refractivity contribution in [2.24, 2.45) is 0 Å². The van der Waals surface area contributed by atoms with Crippen LogP contribution < -0.4 is 0 Å². The van der Waals surface area contributed by atoms with Gasteiger partial charge in [-0.05, 0) is 17.7 Å². The van der Waals surface area contributed by atoms with Gasteiger partial charge >= 0.3 is 0 Å². The van der Waals surface area contributed by atoms with Crippen LogP contribution in [0.1, 0.15) is 15.9 Å². The van der Waals surface area contributed by atoms with Gasteiger partial charge in [0.2, 0.25) is 0 Å². The number of rotatable bonds is 3. The smallest absolute Gasteiger partial charge is 0.152 e. The van der Waals surface area contributed by atoms with Gasteiger partial charge in [0, 0.05) is 35.4 Å². The van der Waals surface area contributed by atoms with Crippen molar-refractivity contribution >= 4 is 17.2 Å². The third-order valence-electron chi connectivity index (χ3n) is 3.06. The van der Waals surface area contributed by atoms with E-state index in [1.54, 1.807) is 12.4 Å². The fraction of sp³-hybridized carbons (Fsp3) is 0.0667. The topological polar surface area (TPSA) is 34.9 Å². The summed E-state index contributed by atoms with van der Waals surface area (Å²) in [6.45, 7) is 0.485. The number of carbonyl (C=O) groups excluding carboxylic acids is 1. The molecule has 19 heavy (non-hydrogen) atoms. The number of halogens is 1. The lowest BCUT2D eigenvalue weighted by atomic mass is 10.2. The molecule has 0 N–H and O–H groups in total. The third-order valence-corrected chi connectivity index (χ3v) is 3.06. The summed E-state index contributed by atoms with van der Waals surface area (Å²) in [6, 6.07) is 9.09. The molecule has 0 unspecified atom stereocenters. The van der Waals surface area contributed by atoms with Crippen molar-refractivity contribution in [1.29, 1.82) is 0 Å². The zero-order valence-electron chi connectivity index (χ0n) is 10.1. The quantitative estimate of drug-likeness (QED) is 0.673. The summed E-state index contributed by atoms with van der Waals surface area (Å²) in [4.78, 5) is 14.9. The van der Waals surface area contributed by atoms with E-state index in [1.165, 1.54) is 12.3 Å². The highest BCUT2D eigenvalue weighted by atomic mass is 19.1. The molecular formula is C15H11FN2O. The summed E-state index contributed by atoms with van der Waals surface area (Å²) in [7, 11) is 0. The first-order valence-electron chi connectivity index (χ1n) is 5.90. The third kappa shape index (κ3) is 2.12. The van der Waals surface area contributed by atoms with Crippen molar-refractivity contribution in [2.75, 3.05) is 0 Å². The number of fused-ring (bicyclic) bond motifs is 1. The fourth-order valence-electron chi connectivity index (χ4n) is 2.24. The number of aldehydes is 1. The van der Waals surface area contributed by atoms with Crippen LogP contribution in [0, 0.1) is 5.82 Å². The number of aromatic nitrogens is 2. The van der Waals surface area contributed by atoms with Crippen LogP contribution in [0.4, 0.5) is 4.39 Å². The van der Waals surface area contributed by atoms with E-state index in [0.717, 1.165) is 22.8 Å². The molecule has 3 rings (SSSR count). The molecule has 94 valence electrons. The molecule has 0 radical (unpaired) electrons. The number of carbonyl (C=O) groups is 1. The lowest BCUT2D eigenvalue weighted by molar-refractivity contribution is 0.112. The van der Waals surface area contributed by atoms with Gasteiger partial charge in [0.05, 0.1) is 6.20 Å². The SMILES string of the molecule is O=Cc1cn(Cc2cncc(F)c2)c2ccccc12. The van der Waals surface area contributed by atoms with Crippen LogP contribution in [0.5, 0.6) is 0 Å². The maximum absolute atomic E-state index is 13.1. The summed E-state index contributed by atoms with van der Waals surface area (Å²) in [5.41, 5.74) is 2.35. The van der Waals surface area contributed by atoms with E-state index in [1.807, 2.05) is 28.8 Å². The van der Waals surface area contributed by atoms with E-state index in [2.05, 4.69) is 4.98 Å². The molecule has 0 fully saturated rings. The largest absolute Gasteiger partial charge is 0.342 e. The Morgan fingerprint density at radius 3 is 2.89 bits per heavy atom. The minimum absolute atomic E-state index is 0.357. The number of hydrogen-bond acceptors (Lipinski definition) is 2. The second-order valence-corrected chi connectivity index (χ2v) is 4.36. The molecule has 2 aromatic heterocycles. The van der Waals surface area contributed by atoms with Crippen molar-refractivity contribution in [3.8, 4) is 0 Å². The molecular weight excluding hydrogens is 243 g/mol. The van der Waals surface area contributed by atoms with Crippen LogP contribution in [0.3, 0.4) is 0 Å². The van der Waals surface area contributed by atoms with E-state index in [9.17, 15) is 9.18 Å². The number of nitrogens with zero attached hydrogens (tertiary/aromatic N) is 2. The normalized spacial score (nSPS) is 10.8. The molecule has 0 aliphatic heterocycles. The van der Waals surface area contributed by atoms with E-state index in [-0.39, 0.29) is 5.82 Å². The molecule has 2 heterocycles.